The Morgan fingerprint density at radius 1 is 0.941 bits per heavy atom. The molecule has 1 fully saturated rings. The summed E-state index contributed by atoms with van der Waals surface area (Å²) >= 11 is 1.37. The molecule has 34 heavy (non-hydrogen) atoms. The molecule has 0 radical (unpaired) electrons. The Kier molecular flexibility index (Phi) is 8.50. The van der Waals surface area contributed by atoms with Crippen LogP contribution in [0, 0.1) is 5.92 Å². The van der Waals surface area contributed by atoms with Gasteiger partial charge in [-0.1, -0.05) is 67.6 Å². The first-order chi connectivity index (χ1) is 16.6. The fourth-order valence-electron chi connectivity index (χ4n) is 4.25. The third kappa shape index (κ3) is 7.02. The maximum atomic E-state index is 13.1. The van der Waals surface area contributed by atoms with Gasteiger partial charge in [0, 0.05) is 19.5 Å². The highest BCUT2D eigenvalue weighted by Gasteiger charge is 2.22. The number of rotatable bonds is 9. The average Bonchev–Trinajstić information content (AvgIpc) is 3.40. The van der Waals surface area contributed by atoms with Crippen LogP contribution in [0.15, 0.2) is 72.1 Å². The molecule has 0 aliphatic carbocycles. The lowest BCUT2D eigenvalue weighted by Gasteiger charge is -2.30. The van der Waals surface area contributed by atoms with E-state index in [0.29, 0.717) is 17.8 Å². The highest BCUT2D eigenvalue weighted by atomic mass is 32.1. The second-order valence-electron chi connectivity index (χ2n) is 9.19. The Labute approximate surface area is 206 Å². The van der Waals surface area contributed by atoms with Crippen molar-refractivity contribution in [3.05, 3.63) is 93.7 Å². The third-order valence-corrected chi connectivity index (χ3v) is 7.29. The molecule has 2 amide bonds. The number of piperidine rings is 1. The molecule has 1 unspecified atom stereocenters. The Bertz CT molecular complexity index is 1040. The normalized spacial score (nSPS) is 15.6. The van der Waals surface area contributed by atoms with Gasteiger partial charge in [-0.15, -0.1) is 11.3 Å². The van der Waals surface area contributed by atoms with Crippen molar-refractivity contribution in [1.29, 1.82) is 0 Å². The summed E-state index contributed by atoms with van der Waals surface area (Å²) in [6, 6.07) is 21.2. The van der Waals surface area contributed by atoms with Gasteiger partial charge in [0.1, 0.15) is 6.04 Å². The third-order valence-electron chi connectivity index (χ3n) is 6.42. The Hall–Kier alpha value is -2.96. The van der Waals surface area contributed by atoms with Crippen LogP contribution >= 0.6 is 11.3 Å². The summed E-state index contributed by atoms with van der Waals surface area (Å²) in [6.45, 7) is 6.07. The fraction of sp³-hybridized carbons (Fsp3) is 0.357. The van der Waals surface area contributed by atoms with Gasteiger partial charge in [-0.3, -0.25) is 14.5 Å². The largest absolute Gasteiger partial charge is 0.350 e. The number of carbonyl (C=O) groups is 2. The van der Waals surface area contributed by atoms with Crippen LogP contribution in [0.4, 0.5) is 0 Å². The van der Waals surface area contributed by atoms with E-state index < -0.39 is 6.04 Å². The topological polar surface area (TPSA) is 61.4 Å². The van der Waals surface area contributed by atoms with E-state index in [1.807, 2.05) is 41.8 Å². The standard InChI is InChI=1S/C28H33N3O2S/c1-21-13-15-31(16-14-21)20-24-11-9-23(10-12-24)19-29-27(32)25(18-22-6-3-2-4-7-22)30-28(33)26-8-5-17-34-26/h2-12,17,21,25H,13-16,18-20H2,1H3,(H,29,32)(H,30,33). The molecular weight excluding hydrogens is 442 g/mol. The van der Waals surface area contributed by atoms with Gasteiger partial charge >= 0.3 is 0 Å². The van der Waals surface area contributed by atoms with Gasteiger partial charge in [0.15, 0.2) is 0 Å². The number of hydrogen-bond donors (Lipinski definition) is 2. The number of carbonyl (C=O) groups excluding carboxylic acids is 2. The van der Waals surface area contributed by atoms with Crippen molar-refractivity contribution in [3.8, 4) is 0 Å². The summed E-state index contributed by atoms with van der Waals surface area (Å²) in [5.74, 6) is 0.436. The van der Waals surface area contributed by atoms with Crippen molar-refractivity contribution in [2.75, 3.05) is 13.1 Å². The number of amides is 2. The predicted octanol–water partition coefficient (Wildman–Crippen LogP) is 4.64. The Morgan fingerprint density at radius 3 is 2.32 bits per heavy atom. The van der Waals surface area contributed by atoms with E-state index >= 15 is 0 Å². The van der Waals surface area contributed by atoms with Crippen LogP contribution in [-0.4, -0.2) is 35.8 Å². The first kappa shape index (κ1) is 24.2. The summed E-state index contributed by atoms with van der Waals surface area (Å²) in [6.07, 6.45) is 2.99. The van der Waals surface area contributed by atoms with Crippen molar-refractivity contribution >= 4 is 23.2 Å². The fourth-order valence-corrected chi connectivity index (χ4v) is 4.88. The van der Waals surface area contributed by atoms with Crippen LogP contribution in [-0.2, 0) is 24.3 Å². The number of nitrogens with zero attached hydrogens (tertiary/aromatic N) is 1. The molecule has 2 heterocycles. The molecule has 0 spiro atoms. The molecule has 1 saturated heterocycles. The lowest BCUT2D eigenvalue weighted by atomic mass is 9.99. The first-order valence-electron chi connectivity index (χ1n) is 12.0. The zero-order valence-corrected chi connectivity index (χ0v) is 20.5. The number of nitrogens with one attached hydrogen (secondary N) is 2. The van der Waals surface area contributed by atoms with E-state index in [4.69, 9.17) is 0 Å². The molecule has 2 aromatic carbocycles. The van der Waals surface area contributed by atoms with Gasteiger partial charge in [-0.05, 0) is 60.0 Å². The molecule has 1 aromatic heterocycles. The maximum Gasteiger partial charge on any atom is 0.262 e. The van der Waals surface area contributed by atoms with Crippen molar-refractivity contribution in [1.82, 2.24) is 15.5 Å². The zero-order valence-electron chi connectivity index (χ0n) is 19.7. The zero-order chi connectivity index (χ0) is 23.8. The summed E-state index contributed by atoms with van der Waals surface area (Å²) in [5, 5.41) is 7.79. The molecule has 178 valence electrons. The minimum Gasteiger partial charge on any atom is -0.350 e. The van der Waals surface area contributed by atoms with Gasteiger partial charge in [0.2, 0.25) is 5.91 Å². The smallest absolute Gasteiger partial charge is 0.262 e. The van der Waals surface area contributed by atoms with Gasteiger partial charge in [0.05, 0.1) is 4.88 Å². The molecule has 2 N–H and O–H groups in total. The summed E-state index contributed by atoms with van der Waals surface area (Å²) < 4.78 is 0. The predicted molar refractivity (Wildman–Crippen MR) is 138 cm³/mol. The number of likely N-dealkylation sites (tertiary alicyclic amines) is 1. The van der Waals surface area contributed by atoms with Crippen LogP contribution in [0.25, 0.3) is 0 Å². The van der Waals surface area contributed by atoms with E-state index in [2.05, 4.69) is 46.7 Å². The van der Waals surface area contributed by atoms with E-state index in [0.717, 1.165) is 23.6 Å². The SMILES string of the molecule is CC1CCN(Cc2ccc(CNC(=O)C(Cc3ccccc3)NC(=O)c3cccs3)cc2)CC1. The number of thiophene rings is 1. The van der Waals surface area contributed by atoms with E-state index in [1.165, 1.54) is 42.8 Å². The molecule has 0 bridgehead atoms. The molecule has 5 nitrogen and oxygen atoms in total. The molecule has 1 atom stereocenters. The van der Waals surface area contributed by atoms with Gasteiger partial charge in [-0.2, -0.15) is 0 Å². The second kappa shape index (κ2) is 12.0. The Balaban J connectivity index is 1.33. The molecule has 4 rings (SSSR count). The van der Waals surface area contributed by atoms with Crippen LogP contribution < -0.4 is 10.6 Å². The summed E-state index contributed by atoms with van der Waals surface area (Å²) in [7, 11) is 0. The maximum absolute atomic E-state index is 13.1. The number of hydrogen-bond acceptors (Lipinski definition) is 4. The average molecular weight is 476 g/mol. The first-order valence-corrected chi connectivity index (χ1v) is 12.9. The quantitative estimate of drug-likeness (QED) is 0.474. The highest BCUT2D eigenvalue weighted by Crippen LogP contribution is 2.18. The van der Waals surface area contributed by atoms with Gasteiger partial charge in [0.25, 0.3) is 5.91 Å². The summed E-state index contributed by atoms with van der Waals surface area (Å²) in [4.78, 5) is 28.8. The van der Waals surface area contributed by atoms with Crippen molar-refractivity contribution in [3.63, 3.8) is 0 Å². The summed E-state index contributed by atoms with van der Waals surface area (Å²) in [5.41, 5.74) is 3.35. The van der Waals surface area contributed by atoms with Crippen LogP contribution in [0.5, 0.6) is 0 Å². The van der Waals surface area contributed by atoms with Gasteiger partial charge < -0.3 is 10.6 Å². The number of benzene rings is 2. The molecule has 6 heteroatoms. The molecular formula is C28H33N3O2S. The molecule has 1 aliphatic heterocycles. The van der Waals surface area contributed by atoms with Crippen molar-refractivity contribution < 1.29 is 9.59 Å². The second-order valence-corrected chi connectivity index (χ2v) is 10.1. The minimum absolute atomic E-state index is 0.180. The highest BCUT2D eigenvalue weighted by molar-refractivity contribution is 7.12. The lowest BCUT2D eigenvalue weighted by Crippen LogP contribution is -2.47. The van der Waals surface area contributed by atoms with E-state index in [1.54, 1.807) is 6.07 Å². The molecule has 1 aliphatic rings. The lowest BCUT2D eigenvalue weighted by molar-refractivity contribution is -0.123. The van der Waals surface area contributed by atoms with Crippen molar-refractivity contribution in [2.24, 2.45) is 5.92 Å². The van der Waals surface area contributed by atoms with Crippen LogP contribution in [0.1, 0.15) is 46.1 Å². The van der Waals surface area contributed by atoms with E-state index in [-0.39, 0.29) is 11.8 Å². The minimum atomic E-state index is -0.641. The Morgan fingerprint density at radius 2 is 1.65 bits per heavy atom. The van der Waals surface area contributed by atoms with Crippen molar-refractivity contribution in [2.45, 2.75) is 45.3 Å². The van der Waals surface area contributed by atoms with E-state index in [9.17, 15) is 9.59 Å². The molecule has 0 saturated carbocycles. The monoisotopic (exact) mass is 475 g/mol. The van der Waals surface area contributed by atoms with Crippen LogP contribution in [0.3, 0.4) is 0 Å². The van der Waals surface area contributed by atoms with Gasteiger partial charge in [-0.25, -0.2) is 0 Å². The van der Waals surface area contributed by atoms with Crippen LogP contribution in [0.2, 0.25) is 0 Å². The molecule has 3 aromatic rings.